The third kappa shape index (κ3) is 5.07. The summed E-state index contributed by atoms with van der Waals surface area (Å²) < 4.78 is 5.00. The van der Waals surface area contributed by atoms with Crippen molar-refractivity contribution in [1.82, 2.24) is 14.8 Å². The second-order valence-electron chi connectivity index (χ2n) is 6.58. The zero-order valence-electron chi connectivity index (χ0n) is 15.8. The number of thiazole rings is 1. The number of piperazine rings is 1. The number of rotatable bonds is 5. The second kappa shape index (κ2) is 8.99. The lowest BCUT2D eigenvalue weighted by atomic mass is 10.1. The molecule has 3 rings (SSSR count). The Balaban J connectivity index is 1.47. The van der Waals surface area contributed by atoms with E-state index in [0.717, 1.165) is 16.3 Å². The number of nitrogens with zero attached hydrogens (tertiary/aromatic N) is 3. The number of hydrogen-bond acceptors (Lipinski definition) is 5. The molecule has 0 spiro atoms. The summed E-state index contributed by atoms with van der Waals surface area (Å²) >= 11 is 1.61. The molecular formula is C20H25N3O3S. The Morgan fingerprint density at radius 1 is 1.11 bits per heavy atom. The van der Waals surface area contributed by atoms with Crippen molar-refractivity contribution >= 4 is 23.3 Å². The van der Waals surface area contributed by atoms with Gasteiger partial charge in [-0.3, -0.25) is 4.79 Å². The zero-order valence-corrected chi connectivity index (χ0v) is 16.6. The minimum absolute atomic E-state index is 0.114. The highest BCUT2D eigenvalue weighted by molar-refractivity contribution is 7.13. The summed E-state index contributed by atoms with van der Waals surface area (Å²) in [5.74, 6) is 0.114. The first-order valence-corrected chi connectivity index (χ1v) is 10.2. The van der Waals surface area contributed by atoms with Gasteiger partial charge < -0.3 is 14.5 Å². The van der Waals surface area contributed by atoms with Crippen LogP contribution in [0.15, 0.2) is 29.6 Å². The number of aryl methyl sites for hydroxylation is 2. The second-order valence-corrected chi connectivity index (χ2v) is 7.43. The Hall–Kier alpha value is -2.41. The third-order valence-corrected chi connectivity index (χ3v) is 5.54. The van der Waals surface area contributed by atoms with Crippen molar-refractivity contribution in [2.75, 3.05) is 32.8 Å². The molecule has 1 aliphatic heterocycles. The monoisotopic (exact) mass is 387 g/mol. The summed E-state index contributed by atoms with van der Waals surface area (Å²) in [6.45, 7) is 6.40. The maximum Gasteiger partial charge on any atom is 0.409 e. The molecule has 1 saturated heterocycles. The summed E-state index contributed by atoms with van der Waals surface area (Å²) in [5.41, 5.74) is 3.29. The maximum absolute atomic E-state index is 12.5. The van der Waals surface area contributed by atoms with Gasteiger partial charge in [-0.1, -0.05) is 29.8 Å². The standard InChI is InChI=1S/C20H25N3O3S/c1-3-26-20(25)23-12-10-22(11-13-23)18(24)9-8-17-14-27-19(21-17)16-6-4-15(2)5-7-16/h4-7,14H,3,8-13H2,1-2H3. The molecule has 0 unspecified atom stereocenters. The van der Waals surface area contributed by atoms with Gasteiger partial charge >= 0.3 is 6.09 Å². The van der Waals surface area contributed by atoms with Gasteiger partial charge in [-0.25, -0.2) is 9.78 Å². The molecule has 0 atom stereocenters. The summed E-state index contributed by atoms with van der Waals surface area (Å²) in [6.07, 6.45) is 0.783. The van der Waals surface area contributed by atoms with Gasteiger partial charge in [-0.15, -0.1) is 11.3 Å². The van der Waals surface area contributed by atoms with Crippen LogP contribution in [0.4, 0.5) is 4.79 Å². The predicted octanol–water partition coefficient (Wildman–Crippen LogP) is 3.35. The number of aromatic nitrogens is 1. The van der Waals surface area contributed by atoms with Crippen molar-refractivity contribution in [1.29, 1.82) is 0 Å². The molecule has 1 fully saturated rings. The van der Waals surface area contributed by atoms with E-state index in [1.165, 1.54) is 5.56 Å². The Bertz CT molecular complexity index is 780. The number of benzene rings is 1. The van der Waals surface area contributed by atoms with E-state index in [2.05, 4.69) is 36.2 Å². The van der Waals surface area contributed by atoms with Crippen molar-refractivity contribution in [2.24, 2.45) is 0 Å². The summed E-state index contributed by atoms with van der Waals surface area (Å²) in [6, 6.07) is 8.31. The molecular weight excluding hydrogens is 362 g/mol. The highest BCUT2D eigenvalue weighted by Gasteiger charge is 2.24. The van der Waals surface area contributed by atoms with Crippen LogP contribution >= 0.6 is 11.3 Å². The van der Waals surface area contributed by atoms with Crippen LogP contribution in [-0.2, 0) is 16.0 Å². The van der Waals surface area contributed by atoms with Crippen LogP contribution in [0.5, 0.6) is 0 Å². The molecule has 27 heavy (non-hydrogen) atoms. The van der Waals surface area contributed by atoms with Crippen LogP contribution in [0, 0.1) is 6.92 Å². The molecule has 1 aromatic heterocycles. The van der Waals surface area contributed by atoms with Gasteiger partial charge in [0, 0.05) is 43.5 Å². The van der Waals surface area contributed by atoms with E-state index in [4.69, 9.17) is 4.74 Å². The molecule has 0 N–H and O–H groups in total. The summed E-state index contributed by atoms with van der Waals surface area (Å²) in [4.78, 5) is 32.3. The van der Waals surface area contributed by atoms with E-state index >= 15 is 0 Å². The van der Waals surface area contributed by atoms with E-state index in [1.807, 2.05) is 10.3 Å². The first kappa shape index (κ1) is 19.4. The normalized spacial score (nSPS) is 14.3. The van der Waals surface area contributed by atoms with E-state index in [1.54, 1.807) is 23.2 Å². The average molecular weight is 388 g/mol. The molecule has 0 saturated carbocycles. The fraction of sp³-hybridized carbons (Fsp3) is 0.450. The number of carbonyl (C=O) groups excluding carboxylic acids is 2. The van der Waals surface area contributed by atoms with Crippen LogP contribution in [0.1, 0.15) is 24.6 Å². The van der Waals surface area contributed by atoms with Crippen molar-refractivity contribution < 1.29 is 14.3 Å². The number of amides is 2. The van der Waals surface area contributed by atoms with Gasteiger partial charge in [-0.2, -0.15) is 0 Å². The molecule has 6 nitrogen and oxygen atoms in total. The molecule has 144 valence electrons. The van der Waals surface area contributed by atoms with Gasteiger partial charge in [0.15, 0.2) is 0 Å². The van der Waals surface area contributed by atoms with Crippen LogP contribution < -0.4 is 0 Å². The Morgan fingerprint density at radius 3 is 2.44 bits per heavy atom. The molecule has 2 amide bonds. The number of ether oxygens (including phenoxy) is 1. The minimum Gasteiger partial charge on any atom is -0.450 e. The van der Waals surface area contributed by atoms with Crippen molar-refractivity contribution in [2.45, 2.75) is 26.7 Å². The van der Waals surface area contributed by atoms with Crippen LogP contribution in [0.3, 0.4) is 0 Å². The molecule has 0 aliphatic carbocycles. The Labute approximate surface area is 163 Å². The van der Waals surface area contributed by atoms with E-state index in [9.17, 15) is 9.59 Å². The highest BCUT2D eigenvalue weighted by Crippen LogP contribution is 2.24. The molecule has 7 heteroatoms. The number of hydrogen-bond donors (Lipinski definition) is 0. The predicted molar refractivity (Wildman–Crippen MR) is 106 cm³/mol. The lowest BCUT2D eigenvalue weighted by Gasteiger charge is -2.34. The molecule has 2 aromatic rings. The summed E-state index contributed by atoms with van der Waals surface area (Å²) in [5, 5.41) is 3.02. The summed E-state index contributed by atoms with van der Waals surface area (Å²) in [7, 11) is 0. The molecule has 0 bridgehead atoms. The van der Waals surface area contributed by atoms with Gasteiger partial charge in [0.25, 0.3) is 0 Å². The topological polar surface area (TPSA) is 62.7 Å². The quantitative estimate of drug-likeness (QED) is 0.789. The Kier molecular flexibility index (Phi) is 6.45. The minimum atomic E-state index is -0.296. The fourth-order valence-electron chi connectivity index (χ4n) is 3.00. The van der Waals surface area contributed by atoms with E-state index < -0.39 is 0 Å². The van der Waals surface area contributed by atoms with Crippen LogP contribution in [0.2, 0.25) is 0 Å². The average Bonchev–Trinajstić information content (AvgIpc) is 3.16. The first-order chi connectivity index (χ1) is 13.1. The lowest BCUT2D eigenvalue weighted by Crippen LogP contribution is -2.50. The van der Waals surface area contributed by atoms with Crippen molar-refractivity contribution in [3.63, 3.8) is 0 Å². The first-order valence-electron chi connectivity index (χ1n) is 9.27. The van der Waals surface area contributed by atoms with Crippen molar-refractivity contribution in [3.05, 3.63) is 40.9 Å². The van der Waals surface area contributed by atoms with Crippen molar-refractivity contribution in [3.8, 4) is 10.6 Å². The largest absolute Gasteiger partial charge is 0.450 e. The molecule has 2 heterocycles. The lowest BCUT2D eigenvalue weighted by molar-refractivity contribution is -0.132. The van der Waals surface area contributed by atoms with E-state index in [0.29, 0.717) is 45.6 Å². The van der Waals surface area contributed by atoms with Gasteiger partial charge in [0.05, 0.1) is 12.3 Å². The Morgan fingerprint density at radius 2 is 1.78 bits per heavy atom. The fourth-order valence-corrected chi connectivity index (χ4v) is 3.86. The van der Waals surface area contributed by atoms with Gasteiger partial charge in [-0.05, 0) is 20.3 Å². The van der Waals surface area contributed by atoms with Gasteiger partial charge in [0.1, 0.15) is 5.01 Å². The van der Waals surface area contributed by atoms with Crippen LogP contribution in [0.25, 0.3) is 10.6 Å². The van der Waals surface area contributed by atoms with Crippen LogP contribution in [-0.4, -0.2) is 59.6 Å². The maximum atomic E-state index is 12.5. The molecule has 1 aliphatic rings. The number of carbonyl (C=O) groups is 2. The smallest absolute Gasteiger partial charge is 0.409 e. The highest BCUT2D eigenvalue weighted by atomic mass is 32.1. The van der Waals surface area contributed by atoms with E-state index in [-0.39, 0.29) is 12.0 Å². The van der Waals surface area contributed by atoms with Gasteiger partial charge in [0.2, 0.25) is 5.91 Å². The molecule has 1 aromatic carbocycles. The molecule has 0 radical (unpaired) electrons. The SMILES string of the molecule is CCOC(=O)N1CCN(C(=O)CCc2csc(-c3ccc(C)cc3)n2)CC1. The zero-order chi connectivity index (χ0) is 19.2. The third-order valence-electron chi connectivity index (χ3n) is 4.60.